The predicted octanol–water partition coefficient (Wildman–Crippen LogP) is 26.5. The number of carbonyl (C=O) groups excluding carboxylic acids is 4. The smallest absolute Gasteiger partial charge is 0.462 e. The monoisotopic (exact) mass is 1540 g/mol. The number of hydrogen-bond donors (Lipinski definition) is 3. The first-order valence-electron chi connectivity index (χ1n) is 44.8. The second kappa shape index (κ2) is 80.1. The van der Waals surface area contributed by atoms with Crippen molar-refractivity contribution in [3.05, 3.63) is 0 Å². The van der Waals surface area contributed by atoms with Gasteiger partial charge in [-0.25, -0.2) is 9.13 Å². The molecule has 3 N–H and O–H groups in total. The Kier molecular flexibility index (Phi) is 78.6. The molecule has 0 saturated carbocycles. The average Bonchev–Trinajstić information content (AvgIpc) is 0.910. The summed E-state index contributed by atoms with van der Waals surface area (Å²) in [7, 11) is -9.93. The number of unbranched alkanes of at least 4 members (excludes halogenated alkanes) is 61. The molecule has 0 spiro atoms. The molecular formula is C86H168O17P2. The number of phosphoric ester groups is 2. The molecule has 17 nitrogen and oxygen atoms in total. The molecule has 5 atom stereocenters. The third-order valence-electron chi connectivity index (χ3n) is 20.4. The van der Waals surface area contributed by atoms with Crippen molar-refractivity contribution in [1.29, 1.82) is 0 Å². The highest BCUT2D eigenvalue weighted by Gasteiger charge is 2.30. The van der Waals surface area contributed by atoms with Crippen LogP contribution in [0.4, 0.5) is 0 Å². The van der Waals surface area contributed by atoms with E-state index in [0.29, 0.717) is 25.7 Å². The van der Waals surface area contributed by atoms with Crippen molar-refractivity contribution in [1.82, 2.24) is 0 Å². The van der Waals surface area contributed by atoms with E-state index in [9.17, 15) is 43.2 Å². The van der Waals surface area contributed by atoms with Gasteiger partial charge in [-0.05, 0) is 25.7 Å². The maximum Gasteiger partial charge on any atom is 0.472 e. The SMILES string of the molecule is CCCCCCCCCCCCCCCCCCCCCC(=O)O[C@H](COC(=O)CCCCCCCCCCCCCCCCCCCC)COP(=O)(O)OC[C@@H](O)COP(=O)(O)OC[C@@H](COC(=O)CCCCCCCCCCCCCCC)OC(=O)CCCCCCCCCCCCCCCCC. The van der Waals surface area contributed by atoms with Gasteiger partial charge in [0.15, 0.2) is 12.2 Å². The van der Waals surface area contributed by atoms with E-state index in [4.69, 9.17) is 37.0 Å². The van der Waals surface area contributed by atoms with Gasteiger partial charge in [-0.1, -0.05) is 419 Å². The Morgan fingerprint density at radius 3 is 0.562 bits per heavy atom. The molecule has 0 aliphatic carbocycles. The first-order chi connectivity index (χ1) is 51.2. The van der Waals surface area contributed by atoms with Crippen LogP contribution in [0.2, 0.25) is 0 Å². The van der Waals surface area contributed by atoms with Crippen LogP contribution in [0, 0.1) is 0 Å². The number of phosphoric acid groups is 2. The molecule has 0 aromatic carbocycles. The van der Waals surface area contributed by atoms with Crippen LogP contribution >= 0.6 is 15.6 Å². The summed E-state index contributed by atoms with van der Waals surface area (Å²) in [4.78, 5) is 73.3. The zero-order chi connectivity index (χ0) is 76.7. The Hall–Kier alpha value is -1.94. The summed E-state index contributed by atoms with van der Waals surface area (Å²) in [5, 5.41) is 10.7. The second-order valence-corrected chi connectivity index (χ2v) is 33.8. The van der Waals surface area contributed by atoms with Crippen molar-refractivity contribution in [3.63, 3.8) is 0 Å². The molecule has 0 aromatic heterocycles. The molecule has 105 heavy (non-hydrogen) atoms. The molecule has 0 aromatic rings. The van der Waals surface area contributed by atoms with Crippen LogP contribution < -0.4 is 0 Å². The Morgan fingerprint density at radius 2 is 0.381 bits per heavy atom. The van der Waals surface area contributed by atoms with Crippen LogP contribution in [0.25, 0.3) is 0 Å². The van der Waals surface area contributed by atoms with Crippen LogP contribution in [0.3, 0.4) is 0 Å². The minimum Gasteiger partial charge on any atom is -0.462 e. The van der Waals surface area contributed by atoms with Crippen molar-refractivity contribution in [3.8, 4) is 0 Å². The predicted molar refractivity (Wildman–Crippen MR) is 432 cm³/mol. The van der Waals surface area contributed by atoms with Gasteiger partial charge in [0.25, 0.3) is 0 Å². The van der Waals surface area contributed by atoms with Gasteiger partial charge in [0.1, 0.15) is 19.3 Å². The van der Waals surface area contributed by atoms with Gasteiger partial charge in [0.05, 0.1) is 26.4 Å². The normalized spacial score (nSPS) is 13.7. The van der Waals surface area contributed by atoms with Crippen molar-refractivity contribution in [2.75, 3.05) is 39.6 Å². The number of rotatable bonds is 87. The van der Waals surface area contributed by atoms with Gasteiger partial charge in [0, 0.05) is 25.7 Å². The Morgan fingerprint density at radius 1 is 0.229 bits per heavy atom. The van der Waals surface area contributed by atoms with Crippen molar-refractivity contribution in [2.24, 2.45) is 0 Å². The highest BCUT2D eigenvalue weighted by atomic mass is 31.2. The number of hydrogen-bond acceptors (Lipinski definition) is 15. The second-order valence-electron chi connectivity index (χ2n) is 30.9. The molecule has 0 heterocycles. The highest BCUT2D eigenvalue weighted by molar-refractivity contribution is 7.47. The highest BCUT2D eigenvalue weighted by Crippen LogP contribution is 2.45. The molecular weight excluding hydrogens is 1370 g/mol. The lowest BCUT2D eigenvalue weighted by Crippen LogP contribution is -2.30. The van der Waals surface area contributed by atoms with Crippen molar-refractivity contribution >= 4 is 39.5 Å². The molecule has 19 heteroatoms. The first-order valence-corrected chi connectivity index (χ1v) is 47.8. The summed E-state index contributed by atoms with van der Waals surface area (Å²) >= 11 is 0. The molecule has 0 aliphatic rings. The van der Waals surface area contributed by atoms with E-state index < -0.39 is 97.5 Å². The van der Waals surface area contributed by atoms with Gasteiger partial charge in [0.2, 0.25) is 0 Å². The number of aliphatic hydroxyl groups is 1. The largest absolute Gasteiger partial charge is 0.472 e. The van der Waals surface area contributed by atoms with E-state index in [2.05, 4.69) is 27.7 Å². The fourth-order valence-corrected chi connectivity index (χ4v) is 15.1. The molecule has 0 rings (SSSR count). The van der Waals surface area contributed by atoms with Crippen LogP contribution in [0.15, 0.2) is 0 Å². The summed E-state index contributed by atoms with van der Waals surface area (Å²) in [5.41, 5.74) is 0. The van der Waals surface area contributed by atoms with E-state index in [-0.39, 0.29) is 25.7 Å². The lowest BCUT2D eigenvalue weighted by Gasteiger charge is -2.21. The molecule has 0 fully saturated rings. The van der Waals surface area contributed by atoms with Crippen LogP contribution in [0.5, 0.6) is 0 Å². The van der Waals surface area contributed by atoms with Crippen LogP contribution in [-0.4, -0.2) is 96.7 Å². The summed E-state index contributed by atoms with van der Waals surface area (Å²) in [5.74, 6) is -2.09. The molecule has 0 amide bonds. The number of ether oxygens (including phenoxy) is 4. The van der Waals surface area contributed by atoms with Crippen LogP contribution in [0.1, 0.15) is 471 Å². The lowest BCUT2D eigenvalue weighted by atomic mass is 10.0. The summed E-state index contributed by atoms with van der Waals surface area (Å²) in [6.45, 7) is 5.07. The molecule has 624 valence electrons. The molecule has 0 radical (unpaired) electrons. The number of carbonyl (C=O) groups is 4. The van der Waals surface area contributed by atoms with Gasteiger partial charge in [-0.15, -0.1) is 0 Å². The van der Waals surface area contributed by atoms with Gasteiger partial charge in [-0.2, -0.15) is 0 Å². The van der Waals surface area contributed by atoms with Gasteiger partial charge >= 0.3 is 39.5 Å². The third-order valence-corrected chi connectivity index (χ3v) is 22.3. The molecule has 2 unspecified atom stereocenters. The minimum absolute atomic E-state index is 0.109. The Balaban J connectivity index is 5.26. The Bertz CT molecular complexity index is 1980. The zero-order valence-electron chi connectivity index (χ0n) is 68.7. The fraction of sp³-hybridized carbons (Fsp3) is 0.953. The van der Waals surface area contributed by atoms with Crippen molar-refractivity contribution in [2.45, 2.75) is 489 Å². The Labute approximate surface area is 645 Å². The minimum atomic E-state index is -4.96. The lowest BCUT2D eigenvalue weighted by molar-refractivity contribution is -0.161. The van der Waals surface area contributed by atoms with E-state index >= 15 is 0 Å². The topological polar surface area (TPSA) is 237 Å². The van der Waals surface area contributed by atoms with E-state index in [1.165, 1.54) is 302 Å². The fourth-order valence-electron chi connectivity index (χ4n) is 13.5. The van der Waals surface area contributed by atoms with E-state index in [0.717, 1.165) is 89.9 Å². The van der Waals surface area contributed by atoms with E-state index in [1.54, 1.807) is 0 Å². The average molecular weight is 1540 g/mol. The molecule has 0 saturated heterocycles. The van der Waals surface area contributed by atoms with Crippen LogP contribution in [-0.2, 0) is 65.4 Å². The maximum atomic E-state index is 13.1. The number of esters is 4. The molecule has 0 aliphatic heterocycles. The standard InChI is InChI=1S/C86H168O17P2/c1-5-9-13-17-21-25-29-33-36-38-40-42-45-49-53-57-61-65-69-73-86(91)103-82(77-97-84(89)71-67-63-59-55-51-47-44-41-39-37-34-30-26-22-18-14-10-6-2)79-101-105(94,95)99-75-80(87)74-98-104(92,93)100-78-81(76-96-83(88)70-66-62-58-54-50-46-32-28-24-20-16-12-8-4)102-85(90)72-68-64-60-56-52-48-43-35-31-27-23-19-15-11-7-3/h80-82,87H,5-79H2,1-4H3,(H,92,93)(H,94,95)/t80-,81+,82+/m0/s1. The summed E-state index contributed by atoms with van der Waals surface area (Å²) < 4.78 is 68.9. The van der Waals surface area contributed by atoms with E-state index in [1.807, 2.05) is 0 Å². The summed E-state index contributed by atoms with van der Waals surface area (Å²) in [6.07, 6.45) is 74.8. The molecule has 0 bridgehead atoms. The quantitative estimate of drug-likeness (QED) is 0.0222. The zero-order valence-corrected chi connectivity index (χ0v) is 70.5. The first kappa shape index (κ1) is 103. The maximum absolute atomic E-state index is 13.1. The summed E-state index contributed by atoms with van der Waals surface area (Å²) in [6, 6.07) is 0. The number of aliphatic hydroxyl groups excluding tert-OH is 1. The van der Waals surface area contributed by atoms with Gasteiger partial charge in [-0.3, -0.25) is 37.3 Å². The third kappa shape index (κ3) is 79.9. The van der Waals surface area contributed by atoms with Crippen molar-refractivity contribution < 1.29 is 80.2 Å². The van der Waals surface area contributed by atoms with Gasteiger partial charge < -0.3 is 33.8 Å².